The van der Waals surface area contributed by atoms with E-state index < -0.39 is 28.5 Å². The summed E-state index contributed by atoms with van der Waals surface area (Å²) in [5.41, 5.74) is 2.72. The number of carbonyl (C=O) groups excluding carboxylic acids is 1. The van der Waals surface area contributed by atoms with Gasteiger partial charge >= 0.3 is 0 Å². The van der Waals surface area contributed by atoms with E-state index in [2.05, 4.69) is 5.32 Å². The Bertz CT molecular complexity index is 1310. The predicted molar refractivity (Wildman–Crippen MR) is 138 cm³/mol. The Labute approximate surface area is 211 Å². The van der Waals surface area contributed by atoms with Gasteiger partial charge in [0.25, 0.3) is 10.0 Å². The minimum absolute atomic E-state index is 0.0788. The second-order valence-electron chi connectivity index (χ2n) is 8.16. The molecule has 0 aliphatic heterocycles. The summed E-state index contributed by atoms with van der Waals surface area (Å²) >= 11 is 6.29. The van der Waals surface area contributed by atoms with Crippen LogP contribution in [0.5, 0.6) is 11.5 Å². The predicted octanol–water partition coefficient (Wildman–Crippen LogP) is 5.05. The fourth-order valence-corrected chi connectivity index (χ4v) is 5.15. The van der Waals surface area contributed by atoms with Gasteiger partial charge in [0.15, 0.2) is 0 Å². The number of halogens is 1. The molecule has 0 saturated carbocycles. The smallest absolute Gasteiger partial charge is 0.264 e. The third-order valence-electron chi connectivity index (χ3n) is 5.62. The van der Waals surface area contributed by atoms with Crippen molar-refractivity contribution in [3.63, 3.8) is 0 Å². The van der Waals surface area contributed by atoms with Gasteiger partial charge < -0.3 is 14.8 Å². The third-order valence-corrected chi connectivity index (χ3v) is 7.82. The second kappa shape index (κ2) is 11.0. The molecule has 0 heterocycles. The first-order chi connectivity index (χ1) is 16.6. The molecule has 1 amide bonds. The number of methoxy groups -OCH3 is 2. The first-order valence-electron chi connectivity index (χ1n) is 10.9. The van der Waals surface area contributed by atoms with Crippen LogP contribution in [-0.4, -0.2) is 35.1 Å². The molecule has 9 heteroatoms. The van der Waals surface area contributed by atoms with Crippen molar-refractivity contribution in [3.8, 4) is 11.5 Å². The molecule has 186 valence electrons. The van der Waals surface area contributed by atoms with Crippen molar-refractivity contribution >= 4 is 33.2 Å². The molecule has 7 nitrogen and oxygen atoms in total. The van der Waals surface area contributed by atoms with E-state index in [9.17, 15) is 13.2 Å². The molecule has 3 aromatic rings. The van der Waals surface area contributed by atoms with Crippen molar-refractivity contribution in [2.45, 2.75) is 31.7 Å². The van der Waals surface area contributed by atoms with E-state index in [4.69, 9.17) is 21.1 Å². The van der Waals surface area contributed by atoms with Gasteiger partial charge in [-0.15, -0.1) is 0 Å². The lowest BCUT2D eigenvalue weighted by Gasteiger charge is -2.26. The van der Waals surface area contributed by atoms with Gasteiger partial charge in [-0.05, 0) is 68.8 Å². The van der Waals surface area contributed by atoms with Gasteiger partial charge in [0.05, 0.1) is 30.8 Å². The number of rotatable bonds is 9. The molecule has 1 N–H and O–H groups in total. The molecule has 3 aromatic carbocycles. The van der Waals surface area contributed by atoms with Crippen molar-refractivity contribution in [3.05, 3.63) is 82.4 Å². The highest BCUT2D eigenvalue weighted by molar-refractivity contribution is 7.92. The zero-order chi connectivity index (χ0) is 25.8. The average Bonchev–Trinajstić information content (AvgIpc) is 2.84. The Kier molecular flexibility index (Phi) is 8.30. The normalized spacial score (nSPS) is 12.1. The quantitative estimate of drug-likeness (QED) is 0.430. The molecule has 0 aliphatic carbocycles. The Balaban J connectivity index is 1.94. The van der Waals surface area contributed by atoms with Crippen LogP contribution >= 0.6 is 11.6 Å². The van der Waals surface area contributed by atoms with Crippen molar-refractivity contribution < 1.29 is 22.7 Å². The lowest BCUT2D eigenvalue weighted by molar-refractivity contribution is -0.120. The number of nitrogens with zero attached hydrogens (tertiary/aromatic N) is 1. The van der Waals surface area contributed by atoms with E-state index in [1.54, 1.807) is 62.6 Å². The topological polar surface area (TPSA) is 84.9 Å². The first-order valence-corrected chi connectivity index (χ1v) is 12.8. The Morgan fingerprint density at radius 2 is 1.69 bits per heavy atom. The average molecular weight is 517 g/mol. The molecular weight excluding hydrogens is 488 g/mol. The fraction of sp³-hybridized carbons (Fsp3) is 0.269. The summed E-state index contributed by atoms with van der Waals surface area (Å²) in [6.07, 6.45) is 0. The van der Waals surface area contributed by atoms with Crippen molar-refractivity contribution in [2.24, 2.45) is 0 Å². The summed E-state index contributed by atoms with van der Waals surface area (Å²) in [7, 11) is -0.961. The number of sulfonamides is 1. The lowest BCUT2D eigenvalue weighted by Crippen LogP contribution is -2.41. The van der Waals surface area contributed by atoms with Gasteiger partial charge in [0.1, 0.15) is 18.0 Å². The molecule has 0 aliphatic rings. The first kappa shape index (κ1) is 26.4. The molecule has 0 saturated heterocycles. The van der Waals surface area contributed by atoms with E-state index in [-0.39, 0.29) is 4.90 Å². The van der Waals surface area contributed by atoms with Crippen molar-refractivity contribution in [1.29, 1.82) is 0 Å². The van der Waals surface area contributed by atoms with Crippen LogP contribution in [0.15, 0.2) is 65.6 Å². The highest BCUT2D eigenvalue weighted by atomic mass is 35.5. The molecule has 1 atom stereocenters. The van der Waals surface area contributed by atoms with Crippen LogP contribution in [-0.2, 0) is 14.8 Å². The molecule has 0 fully saturated rings. The summed E-state index contributed by atoms with van der Waals surface area (Å²) in [6.45, 7) is 5.04. The van der Waals surface area contributed by atoms with E-state index in [1.807, 2.05) is 13.8 Å². The number of hydrogen-bond donors (Lipinski definition) is 1. The van der Waals surface area contributed by atoms with Crippen LogP contribution in [0.3, 0.4) is 0 Å². The number of amides is 1. The van der Waals surface area contributed by atoms with Crippen LogP contribution in [0.2, 0.25) is 5.02 Å². The van der Waals surface area contributed by atoms with E-state index in [0.29, 0.717) is 27.8 Å². The highest BCUT2D eigenvalue weighted by Crippen LogP contribution is 2.30. The maximum atomic E-state index is 13.6. The molecule has 35 heavy (non-hydrogen) atoms. The number of nitrogens with one attached hydrogen (secondary N) is 1. The SMILES string of the molecule is COc1ccc(OC)c([C@H](C)NC(=O)CN(c2ccc(C)c(Cl)c2)S(=O)(=O)c2ccc(C)cc2)c1. The maximum absolute atomic E-state index is 13.6. The zero-order valence-corrected chi connectivity index (χ0v) is 21.9. The standard InChI is InChI=1S/C26H29ClN2O5S/c1-17-6-11-22(12-7-17)35(31,32)29(20-9-8-18(2)24(27)14-20)16-26(30)28-19(3)23-15-21(33-4)10-13-25(23)34-5/h6-15,19H,16H2,1-5H3,(H,28,30)/t19-/m0/s1. The summed E-state index contributed by atoms with van der Waals surface area (Å²) in [5.74, 6) is 0.697. The van der Waals surface area contributed by atoms with Gasteiger partial charge in [0, 0.05) is 10.6 Å². The molecular formula is C26H29ClN2O5S. The maximum Gasteiger partial charge on any atom is 0.264 e. The van der Waals surface area contributed by atoms with Crippen molar-refractivity contribution in [2.75, 3.05) is 25.1 Å². The molecule has 3 rings (SSSR count). The fourth-order valence-electron chi connectivity index (χ4n) is 3.56. The van der Waals surface area contributed by atoms with E-state index in [0.717, 1.165) is 15.4 Å². The van der Waals surface area contributed by atoms with Gasteiger partial charge in [-0.3, -0.25) is 9.10 Å². The number of anilines is 1. The van der Waals surface area contributed by atoms with E-state index in [1.165, 1.54) is 19.2 Å². The summed E-state index contributed by atoms with van der Waals surface area (Å²) in [6, 6.07) is 16.2. The molecule has 0 aromatic heterocycles. The third kappa shape index (κ3) is 6.07. The van der Waals surface area contributed by atoms with Crippen LogP contribution in [0.25, 0.3) is 0 Å². The van der Waals surface area contributed by atoms with Crippen LogP contribution in [0, 0.1) is 13.8 Å². The summed E-state index contributed by atoms with van der Waals surface area (Å²) in [4.78, 5) is 13.2. The minimum Gasteiger partial charge on any atom is -0.497 e. The zero-order valence-electron chi connectivity index (χ0n) is 20.3. The molecule has 0 unspecified atom stereocenters. The summed E-state index contributed by atoms with van der Waals surface area (Å²) in [5, 5.41) is 3.27. The Morgan fingerprint density at radius 3 is 2.29 bits per heavy atom. The number of aryl methyl sites for hydroxylation is 2. The van der Waals surface area contributed by atoms with Crippen LogP contribution in [0.4, 0.5) is 5.69 Å². The monoisotopic (exact) mass is 516 g/mol. The second-order valence-corrected chi connectivity index (χ2v) is 10.4. The van der Waals surface area contributed by atoms with Gasteiger partial charge in [0.2, 0.25) is 5.91 Å². The van der Waals surface area contributed by atoms with Gasteiger partial charge in [-0.25, -0.2) is 8.42 Å². The van der Waals surface area contributed by atoms with Gasteiger partial charge in [-0.2, -0.15) is 0 Å². The molecule has 0 spiro atoms. The number of carbonyl (C=O) groups is 1. The Hall–Kier alpha value is -3.23. The largest absolute Gasteiger partial charge is 0.497 e. The highest BCUT2D eigenvalue weighted by Gasteiger charge is 2.28. The number of ether oxygens (including phenoxy) is 2. The van der Waals surface area contributed by atoms with Crippen LogP contribution in [0.1, 0.15) is 29.7 Å². The van der Waals surface area contributed by atoms with Crippen LogP contribution < -0.4 is 19.1 Å². The van der Waals surface area contributed by atoms with Gasteiger partial charge in [-0.1, -0.05) is 35.4 Å². The summed E-state index contributed by atoms with van der Waals surface area (Å²) < 4.78 is 38.9. The molecule has 0 radical (unpaired) electrons. The number of hydrogen-bond acceptors (Lipinski definition) is 5. The number of benzene rings is 3. The van der Waals surface area contributed by atoms with E-state index >= 15 is 0 Å². The molecule has 0 bridgehead atoms. The Morgan fingerprint density at radius 1 is 1.00 bits per heavy atom. The van der Waals surface area contributed by atoms with Crippen molar-refractivity contribution in [1.82, 2.24) is 5.32 Å². The lowest BCUT2D eigenvalue weighted by atomic mass is 10.1. The minimum atomic E-state index is -4.05.